The second kappa shape index (κ2) is 4.03. The number of hydrogen-bond acceptors (Lipinski definition) is 2. The van der Waals surface area contributed by atoms with Crippen LogP contribution in [-0.2, 0) is 0 Å². The maximum absolute atomic E-state index is 11.4. The van der Waals surface area contributed by atoms with Crippen molar-refractivity contribution in [3.8, 4) is 6.07 Å². The molecule has 1 amide bonds. The van der Waals surface area contributed by atoms with Crippen molar-refractivity contribution in [2.24, 2.45) is 0 Å². The molecular weight excluding hydrogens is 200 g/mol. The van der Waals surface area contributed by atoms with Gasteiger partial charge in [0, 0.05) is 12.6 Å². The molecule has 0 aliphatic rings. The monoisotopic (exact) mass is 210 g/mol. The molecule has 2 aromatic rings. The van der Waals surface area contributed by atoms with Crippen molar-refractivity contribution >= 4 is 16.7 Å². The third-order valence-electron chi connectivity index (χ3n) is 2.46. The van der Waals surface area contributed by atoms with Gasteiger partial charge in [-0.25, -0.2) is 0 Å². The van der Waals surface area contributed by atoms with Crippen molar-refractivity contribution in [1.82, 2.24) is 5.32 Å². The maximum Gasteiger partial charge on any atom is 0.251 e. The number of rotatable bonds is 1. The van der Waals surface area contributed by atoms with E-state index < -0.39 is 0 Å². The van der Waals surface area contributed by atoms with Crippen LogP contribution in [0.1, 0.15) is 15.9 Å². The van der Waals surface area contributed by atoms with Crippen LogP contribution in [0.4, 0.5) is 0 Å². The van der Waals surface area contributed by atoms with Gasteiger partial charge in [0.25, 0.3) is 5.91 Å². The number of fused-ring (bicyclic) bond motifs is 1. The molecule has 0 radical (unpaired) electrons. The van der Waals surface area contributed by atoms with E-state index in [1.165, 1.54) is 0 Å². The highest BCUT2D eigenvalue weighted by molar-refractivity contribution is 5.98. The lowest BCUT2D eigenvalue weighted by Crippen LogP contribution is -2.17. The van der Waals surface area contributed by atoms with E-state index in [1.54, 1.807) is 19.2 Å². The third kappa shape index (κ3) is 1.73. The molecule has 2 aromatic carbocycles. The van der Waals surface area contributed by atoms with Gasteiger partial charge in [0.2, 0.25) is 0 Å². The van der Waals surface area contributed by atoms with Crippen molar-refractivity contribution in [1.29, 1.82) is 5.26 Å². The summed E-state index contributed by atoms with van der Waals surface area (Å²) in [5.41, 5.74) is 1.25. The molecule has 3 heteroatoms. The zero-order chi connectivity index (χ0) is 11.5. The summed E-state index contributed by atoms with van der Waals surface area (Å²) in [5.74, 6) is -0.105. The van der Waals surface area contributed by atoms with Crippen molar-refractivity contribution in [2.75, 3.05) is 7.05 Å². The fourth-order valence-electron chi connectivity index (χ4n) is 1.60. The second-order valence-electron chi connectivity index (χ2n) is 3.47. The standard InChI is InChI=1S/C13H10N2O/c1-15-13(16)12-5-4-10-6-9(8-14)2-3-11(10)7-12/h2-7H,1H3,(H,15,16). The minimum Gasteiger partial charge on any atom is -0.355 e. The van der Waals surface area contributed by atoms with Crippen LogP contribution in [0, 0.1) is 11.3 Å². The Kier molecular flexibility index (Phi) is 2.57. The van der Waals surface area contributed by atoms with Gasteiger partial charge in [-0.2, -0.15) is 5.26 Å². The summed E-state index contributed by atoms with van der Waals surface area (Å²) in [6.45, 7) is 0. The second-order valence-corrected chi connectivity index (χ2v) is 3.47. The summed E-state index contributed by atoms with van der Waals surface area (Å²) >= 11 is 0. The minimum absolute atomic E-state index is 0.105. The molecule has 0 saturated carbocycles. The first-order valence-corrected chi connectivity index (χ1v) is 4.90. The molecule has 0 fully saturated rings. The molecule has 0 atom stereocenters. The normalized spacial score (nSPS) is 9.75. The first kappa shape index (κ1) is 10.2. The van der Waals surface area contributed by atoms with E-state index in [1.807, 2.05) is 24.3 Å². The van der Waals surface area contributed by atoms with Crippen molar-refractivity contribution in [2.45, 2.75) is 0 Å². The number of carbonyl (C=O) groups excluding carboxylic acids is 1. The Morgan fingerprint density at radius 3 is 2.56 bits per heavy atom. The van der Waals surface area contributed by atoms with Gasteiger partial charge in [0.1, 0.15) is 0 Å². The molecule has 0 aliphatic heterocycles. The topological polar surface area (TPSA) is 52.9 Å². The molecule has 0 unspecified atom stereocenters. The summed E-state index contributed by atoms with van der Waals surface area (Å²) in [7, 11) is 1.60. The lowest BCUT2D eigenvalue weighted by Gasteiger charge is -2.02. The smallest absolute Gasteiger partial charge is 0.251 e. The van der Waals surface area contributed by atoms with Gasteiger partial charge in [-0.05, 0) is 35.0 Å². The van der Waals surface area contributed by atoms with Gasteiger partial charge in [0.05, 0.1) is 11.6 Å². The van der Waals surface area contributed by atoms with E-state index in [0.29, 0.717) is 11.1 Å². The highest BCUT2D eigenvalue weighted by Crippen LogP contribution is 2.17. The van der Waals surface area contributed by atoms with Crippen LogP contribution in [0.3, 0.4) is 0 Å². The van der Waals surface area contributed by atoms with Crippen LogP contribution >= 0.6 is 0 Å². The average Bonchev–Trinajstić information content (AvgIpc) is 2.36. The van der Waals surface area contributed by atoms with Crippen LogP contribution in [-0.4, -0.2) is 13.0 Å². The molecule has 16 heavy (non-hydrogen) atoms. The largest absolute Gasteiger partial charge is 0.355 e. The fourth-order valence-corrected chi connectivity index (χ4v) is 1.60. The van der Waals surface area contributed by atoms with Gasteiger partial charge in [-0.15, -0.1) is 0 Å². The Bertz CT molecular complexity index is 596. The predicted molar refractivity (Wildman–Crippen MR) is 62.1 cm³/mol. The fraction of sp³-hybridized carbons (Fsp3) is 0.0769. The highest BCUT2D eigenvalue weighted by Gasteiger charge is 2.03. The molecule has 1 N–H and O–H groups in total. The van der Waals surface area contributed by atoms with Crippen LogP contribution in [0.15, 0.2) is 36.4 Å². The van der Waals surface area contributed by atoms with E-state index in [4.69, 9.17) is 5.26 Å². The molecule has 0 aromatic heterocycles. The number of benzene rings is 2. The Hall–Kier alpha value is -2.34. The van der Waals surface area contributed by atoms with Gasteiger partial charge in [0.15, 0.2) is 0 Å². The van der Waals surface area contributed by atoms with E-state index in [-0.39, 0.29) is 5.91 Å². The van der Waals surface area contributed by atoms with Crippen LogP contribution in [0.5, 0.6) is 0 Å². The number of nitriles is 1. The third-order valence-corrected chi connectivity index (χ3v) is 2.46. The summed E-state index contributed by atoms with van der Waals surface area (Å²) in [4.78, 5) is 11.4. The molecular formula is C13H10N2O. The molecule has 3 nitrogen and oxygen atoms in total. The van der Waals surface area contributed by atoms with E-state index >= 15 is 0 Å². The van der Waals surface area contributed by atoms with Crippen LogP contribution in [0.25, 0.3) is 10.8 Å². The lowest BCUT2D eigenvalue weighted by atomic mass is 10.0. The summed E-state index contributed by atoms with van der Waals surface area (Å²) < 4.78 is 0. The Morgan fingerprint density at radius 1 is 1.19 bits per heavy atom. The van der Waals surface area contributed by atoms with Crippen LogP contribution in [0.2, 0.25) is 0 Å². The number of carbonyl (C=O) groups is 1. The molecule has 0 heterocycles. The van der Waals surface area contributed by atoms with Gasteiger partial charge in [-0.3, -0.25) is 4.79 Å². The SMILES string of the molecule is CNC(=O)c1ccc2cc(C#N)ccc2c1. The van der Waals surface area contributed by atoms with E-state index in [9.17, 15) is 4.79 Å². The van der Waals surface area contributed by atoms with Gasteiger partial charge in [-0.1, -0.05) is 12.1 Å². The summed E-state index contributed by atoms with van der Waals surface area (Å²) in [5, 5.41) is 13.3. The predicted octanol–water partition coefficient (Wildman–Crippen LogP) is 2.07. The molecule has 0 saturated heterocycles. The van der Waals surface area contributed by atoms with Crippen LogP contribution < -0.4 is 5.32 Å². The van der Waals surface area contributed by atoms with E-state index in [2.05, 4.69) is 11.4 Å². The molecule has 0 spiro atoms. The Balaban J connectivity index is 2.57. The molecule has 78 valence electrons. The number of amides is 1. The van der Waals surface area contributed by atoms with E-state index in [0.717, 1.165) is 10.8 Å². The van der Waals surface area contributed by atoms with Crippen molar-refractivity contribution in [3.63, 3.8) is 0 Å². The van der Waals surface area contributed by atoms with Crippen molar-refractivity contribution in [3.05, 3.63) is 47.5 Å². The molecule has 0 bridgehead atoms. The lowest BCUT2D eigenvalue weighted by molar-refractivity contribution is 0.0963. The maximum atomic E-state index is 11.4. The van der Waals surface area contributed by atoms with Crippen molar-refractivity contribution < 1.29 is 4.79 Å². The Morgan fingerprint density at radius 2 is 1.88 bits per heavy atom. The zero-order valence-electron chi connectivity index (χ0n) is 8.82. The number of nitrogens with one attached hydrogen (secondary N) is 1. The molecule has 0 aliphatic carbocycles. The summed E-state index contributed by atoms with van der Waals surface area (Å²) in [6, 6.07) is 12.9. The first-order valence-electron chi connectivity index (χ1n) is 4.90. The number of hydrogen-bond donors (Lipinski definition) is 1. The van der Waals surface area contributed by atoms with Gasteiger partial charge < -0.3 is 5.32 Å². The summed E-state index contributed by atoms with van der Waals surface area (Å²) in [6.07, 6.45) is 0. The average molecular weight is 210 g/mol. The highest BCUT2D eigenvalue weighted by atomic mass is 16.1. The zero-order valence-corrected chi connectivity index (χ0v) is 8.82. The number of nitrogens with zero attached hydrogens (tertiary/aromatic N) is 1. The minimum atomic E-state index is -0.105. The molecule has 2 rings (SSSR count). The van der Waals surface area contributed by atoms with Gasteiger partial charge >= 0.3 is 0 Å². The Labute approximate surface area is 93.3 Å². The quantitative estimate of drug-likeness (QED) is 0.783. The first-order chi connectivity index (χ1) is 7.74.